The topological polar surface area (TPSA) is 124 Å². The lowest BCUT2D eigenvalue weighted by Gasteiger charge is -2.19. The Morgan fingerprint density at radius 2 is 1.94 bits per heavy atom. The highest BCUT2D eigenvalue weighted by Crippen LogP contribution is 1.91. The van der Waals surface area contributed by atoms with E-state index in [2.05, 4.69) is 0 Å². The quantitative estimate of drug-likeness (QED) is 0.518. The number of nitrogens with one attached hydrogen (secondary N) is 1. The van der Waals surface area contributed by atoms with Gasteiger partial charge >= 0.3 is 12.0 Å². The maximum Gasteiger partial charge on any atom is 0.328 e. The summed E-state index contributed by atoms with van der Waals surface area (Å²) in [6, 6.07) is -2.15. The number of aliphatic carboxylic acids is 1. The fourth-order valence-electron chi connectivity index (χ4n) is 0.849. The summed E-state index contributed by atoms with van der Waals surface area (Å²) in [7, 11) is -1.86. The highest BCUT2D eigenvalue weighted by Gasteiger charge is 2.21. The van der Waals surface area contributed by atoms with E-state index < -0.39 is 34.5 Å². The summed E-state index contributed by atoms with van der Waals surface area (Å²) >= 11 is 0. The summed E-state index contributed by atoms with van der Waals surface area (Å²) in [5.41, 5.74) is 0. The highest BCUT2D eigenvalue weighted by molar-refractivity contribution is 7.90. The predicted molar refractivity (Wildman–Crippen MR) is 59.4 cm³/mol. The van der Waals surface area contributed by atoms with Crippen LogP contribution < -0.4 is 5.32 Å². The van der Waals surface area contributed by atoms with Crippen LogP contribution in [0.25, 0.3) is 0 Å². The van der Waals surface area contributed by atoms with Crippen molar-refractivity contribution in [2.45, 2.75) is 6.04 Å². The molecule has 0 aliphatic carbocycles. The van der Waals surface area contributed by atoms with Gasteiger partial charge in [0.25, 0.3) is 0 Å². The summed E-state index contributed by atoms with van der Waals surface area (Å²) < 4.78 is 21.7. The number of nitrogens with zero attached hydrogens (tertiary/aromatic N) is 1. The fourth-order valence-corrected chi connectivity index (χ4v) is 1.45. The van der Waals surface area contributed by atoms with Gasteiger partial charge in [-0.1, -0.05) is 0 Å². The maximum atomic E-state index is 11.4. The molecule has 1 atom stereocenters. The predicted octanol–water partition coefficient (Wildman–Crippen LogP) is -1.88. The van der Waals surface area contributed by atoms with Crippen LogP contribution >= 0.6 is 0 Å². The minimum absolute atomic E-state index is 0.0531. The van der Waals surface area contributed by atoms with Crippen molar-refractivity contribution in [2.24, 2.45) is 0 Å². The Morgan fingerprint density at radius 3 is 2.29 bits per heavy atom. The van der Waals surface area contributed by atoms with E-state index in [1.807, 2.05) is 5.32 Å². The van der Waals surface area contributed by atoms with Gasteiger partial charge in [0.2, 0.25) is 0 Å². The minimum Gasteiger partial charge on any atom is -0.480 e. The number of aliphatic hydroxyl groups is 1. The summed E-state index contributed by atoms with van der Waals surface area (Å²) in [6.45, 7) is -0.788. The number of hydrogen-bond donors (Lipinski definition) is 3. The molecule has 0 saturated carbocycles. The Kier molecular flexibility index (Phi) is 5.89. The largest absolute Gasteiger partial charge is 0.480 e. The molecule has 0 aromatic heterocycles. The van der Waals surface area contributed by atoms with Crippen molar-refractivity contribution in [3.63, 3.8) is 0 Å². The molecule has 3 N–H and O–H groups in total. The molecule has 0 saturated heterocycles. The molecule has 0 unspecified atom stereocenters. The number of sulfone groups is 1. The van der Waals surface area contributed by atoms with Gasteiger partial charge in [-0.15, -0.1) is 0 Å². The first-order valence-corrected chi connectivity index (χ1v) is 6.76. The third-order valence-electron chi connectivity index (χ3n) is 1.92. The SMILES string of the molecule is CN(CCS(C)(=O)=O)C(=O)N[C@@H](CO)C(=O)O. The van der Waals surface area contributed by atoms with Gasteiger partial charge in [0.15, 0.2) is 6.04 Å². The molecule has 0 spiro atoms. The average molecular weight is 268 g/mol. The van der Waals surface area contributed by atoms with Crippen molar-refractivity contribution in [1.29, 1.82) is 0 Å². The van der Waals surface area contributed by atoms with Gasteiger partial charge in [0.1, 0.15) is 9.84 Å². The third-order valence-corrected chi connectivity index (χ3v) is 2.85. The summed E-state index contributed by atoms with van der Waals surface area (Å²) in [5.74, 6) is -1.58. The zero-order valence-electron chi connectivity index (χ0n) is 9.58. The highest BCUT2D eigenvalue weighted by atomic mass is 32.2. The van der Waals surface area contributed by atoms with E-state index in [4.69, 9.17) is 10.2 Å². The molecule has 0 bridgehead atoms. The lowest BCUT2D eigenvalue weighted by Crippen LogP contribution is -2.49. The molecule has 0 aromatic rings. The molecule has 0 aliphatic rings. The number of amides is 2. The molecule has 0 aromatic carbocycles. The van der Waals surface area contributed by atoms with Crippen LogP contribution in [0.5, 0.6) is 0 Å². The first kappa shape index (κ1) is 15.7. The van der Waals surface area contributed by atoms with E-state index in [1.165, 1.54) is 7.05 Å². The molecule has 17 heavy (non-hydrogen) atoms. The lowest BCUT2D eigenvalue weighted by molar-refractivity contribution is -0.140. The first-order chi connectivity index (χ1) is 7.67. The number of carbonyl (C=O) groups excluding carboxylic acids is 1. The van der Waals surface area contributed by atoms with E-state index in [0.717, 1.165) is 11.2 Å². The van der Waals surface area contributed by atoms with Crippen LogP contribution in [0.3, 0.4) is 0 Å². The number of aliphatic hydroxyl groups excluding tert-OH is 1. The summed E-state index contributed by atoms with van der Waals surface area (Å²) in [6.07, 6.45) is 1.03. The van der Waals surface area contributed by atoms with Crippen molar-refractivity contribution in [3.8, 4) is 0 Å². The number of urea groups is 1. The molecule has 100 valence electrons. The molecular formula is C8H16N2O6S. The van der Waals surface area contributed by atoms with Gasteiger partial charge in [0, 0.05) is 19.8 Å². The Morgan fingerprint density at radius 1 is 1.41 bits per heavy atom. The molecule has 0 aliphatic heterocycles. The first-order valence-electron chi connectivity index (χ1n) is 4.70. The number of carboxylic acids is 1. The minimum atomic E-state index is -3.19. The van der Waals surface area contributed by atoms with Crippen LogP contribution in [0.4, 0.5) is 4.79 Å². The van der Waals surface area contributed by atoms with E-state index in [0.29, 0.717) is 0 Å². The van der Waals surface area contributed by atoms with E-state index in [-0.39, 0.29) is 12.3 Å². The maximum absolute atomic E-state index is 11.4. The molecule has 9 heteroatoms. The van der Waals surface area contributed by atoms with Crippen LogP contribution in [0, 0.1) is 0 Å². The summed E-state index contributed by atoms with van der Waals surface area (Å²) in [4.78, 5) is 22.9. The second-order valence-electron chi connectivity index (χ2n) is 3.57. The Labute approximate surface area is 99.1 Å². The fraction of sp³-hybridized carbons (Fsp3) is 0.750. The Bertz CT molecular complexity index is 379. The van der Waals surface area contributed by atoms with Crippen molar-refractivity contribution >= 4 is 21.8 Å². The van der Waals surface area contributed by atoms with E-state index in [1.54, 1.807) is 0 Å². The van der Waals surface area contributed by atoms with Crippen molar-refractivity contribution in [1.82, 2.24) is 10.2 Å². The molecule has 8 nitrogen and oxygen atoms in total. The van der Waals surface area contributed by atoms with Gasteiger partial charge < -0.3 is 20.4 Å². The van der Waals surface area contributed by atoms with Crippen LogP contribution in [-0.4, -0.2) is 73.8 Å². The number of rotatable bonds is 6. The van der Waals surface area contributed by atoms with Crippen LogP contribution in [0.15, 0.2) is 0 Å². The van der Waals surface area contributed by atoms with E-state index in [9.17, 15) is 18.0 Å². The van der Waals surface area contributed by atoms with Crippen molar-refractivity contribution < 1.29 is 28.2 Å². The second-order valence-corrected chi connectivity index (χ2v) is 5.83. The van der Waals surface area contributed by atoms with Gasteiger partial charge in [-0.2, -0.15) is 0 Å². The molecule has 0 rings (SSSR count). The van der Waals surface area contributed by atoms with Crippen LogP contribution in [0.2, 0.25) is 0 Å². The van der Waals surface area contributed by atoms with Gasteiger partial charge in [-0.25, -0.2) is 18.0 Å². The van der Waals surface area contributed by atoms with Crippen molar-refractivity contribution in [3.05, 3.63) is 0 Å². The zero-order chi connectivity index (χ0) is 13.6. The molecular weight excluding hydrogens is 252 g/mol. The second kappa shape index (κ2) is 6.40. The van der Waals surface area contributed by atoms with Gasteiger partial charge in [-0.3, -0.25) is 0 Å². The Balaban J connectivity index is 4.27. The molecule has 0 radical (unpaired) electrons. The van der Waals surface area contributed by atoms with E-state index >= 15 is 0 Å². The standard InChI is InChI=1S/C8H16N2O6S/c1-10(3-4-17(2,15)16)8(14)9-6(5-11)7(12)13/h6,11H,3-5H2,1-2H3,(H,9,14)(H,12,13)/t6-/m0/s1. The zero-order valence-corrected chi connectivity index (χ0v) is 10.4. The summed E-state index contributed by atoms with van der Waals surface area (Å²) in [5, 5.41) is 19.3. The van der Waals surface area contributed by atoms with Gasteiger partial charge in [-0.05, 0) is 0 Å². The average Bonchev–Trinajstić information content (AvgIpc) is 2.20. The molecule has 0 heterocycles. The monoisotopic (exact) mass is 268 g/mol. The van der Waals surface area contributed by atoms with Crippen LogP contribution in [-0.2, 0) is 14.6 Å². The third kappa shape index (κ3) is 6.74. The molecule has 0 fully saturated rings. The van der Waals surface area contributed by atoms with Gasteiger partial charge in [0.05, 0.1) is 12.4 Å². The lowest BCUT2D eigenvalue weighted by atomic mass is 10.3. The number of carboxylic acid groups (broad SMARTS) is 1. The number of carbonyl (C=O) groups is 2. The molecule has 2 amide bonds. The van der Waals surface area contributed by atoms with Crippen LogP contribution in [0.1, 0.15) is 0 Å². The smallest absolute Gasteiger partial charge is 0.328 e. The number of hydrogen-bond acceptors (Lipinski definition) is 5. The Hall–Kier alpha value is -1.35. The normalized spacial score (nSPS) is 12.9. The van der Waals surface area contributed by atoms with Crippen molar-refractivity contribution in [2.75, 3.05) is 32.2 Å².